The van der Waals surface area contributed by atoms with E-state index in [0.29, 0.717) is 18.6 Å². The molecule has 0 fully saturated rings. The number of rotatable bonds is 8. The van der Waals surface area contributed by atoms with Gasteiger partial charge in [-0.15, -0.1) is 0 Å². The number of carbonyl (C=O) groups is 1. The number of amides is 1. The molecule has 20 heavy (non-hydrogen) atoms. The number of hydrogen-bond acceptors (Lipinski definition) is 4. The lowest BCUT2D eigenvalue weighted by molar-refractivity contribution is -0.124. The number of benzene rings is 1. The molecule has 112 valence electrons. The van der Waals surface area contributed by atoms with Crippen molar-refractivity contribution in [1.29, 1.82) is 0 Å². The van der Waals surface area contributed by atoms with Gasteiger partial charge in [0.2, 0.25) is 0 Å². The average Bonchev–Trinajstić information content (AvgIpc) is 2.51. The van der Waals surface area contributed by atoms with E-state index < -0.39 is 5.60 Å². The third-order valence-corrected chi connectivity index (χ3v) is 3.36. The normalized spacial score (nSPS) is 11.0. The molecular weight excluding hydrogens is 258 g/mol. The molecule has 5 heteroatoms. The predicted molar refractivity (Wildman–Crippen MR) is 77.0 cm³/mol. The van der Waals surface area contributed by atoms with Crippen molar-refractivity contribution in [2.24, 2.45) is 0 Å². The van der Waals surface area contributed by atoms with Gasteiger partial charge in [0.25, 0.3) is 5.91 Å². The zero-order valence-corrected chi connectivity index (χ0v) is 12.3. The number of methoxy groups -OCH3 is 1. The zero-order chi connectivity index (χ0) is 15.0. The Kier molecular flexibility index (Phi) is 6.31. The van der Waals surface area contributed by atoms with Crippen molar-refractivity contribution in [2.75, 3.05) is 20.3 Å². The summed E-state index contributed by atoms with van der Waals surface area (Å²) in [7, 11) is 1.59. The molecule has 0 aliphatic carbocycles. The van der Waals surface area contributed by atoms with Crippen molar-refractivity contribution in [1.82, 2.24) is 5.32 Å². The Hall–Kier alpha value is -1.75. The highest BCUT2D eigenvalue weighted by atomic mass is 16.5. The topological polar surface area (TPSA) is 67.8 Å². The van der Waals surface area contributed by atoms with Crippen LogP contribution in [0.15, 0.2) is 24.3 Å². The molecule has 0 aliphatic heterocycles. The van der Waals surface area contributed by atoms with Crippen LogP contribution in [0.1, 0.15) is 26.7 Å². The second-order valence-electron chi connectivity index (χ2n) is 4.67. The molecule has 0 saturated heterocycles. The molecule has 0 spiro atoms. The minimum Gasteiger partial charge on any atom is -0.497 e. The fourth-order valence-corrected chi connectivity index (χ4v) is 1.63. The van der Waals surface area contributed by atoms with E-state index in [4.69, 9.17) is 9.47 Å². The smallest absolute Gasteiger partial charge is 0.258 e. The minimum absolute atomic E-state index is 0.0736. The van der Waals surface area contributed by atoms with E-state index in [1.165, 1.54) is 0 Å². The molecule has 0 bridgehead atoms. The van der Waals surface area contributed by atoms with Crippen molar-refractivity contribution in [3.05, 3.63) is 24.3 Å². The van der Waals surface area contributed by atoms with Gasteiger partial charge in [-0.1, -0.05) is 13.8 Å². The van der Waals surface area contributed by atoms with Crippen LogP contribution >= 0.6 is 0 Å². The quantitative estimate of drug-likeness (QED) is 0.761. The fraction of sp³-hybridized carbons (Fsp3) is 0.533. The van der Waals surface area contributed by atoms with E-state index >= 15 is 0 Å². The Morgan fingerprint density at radius 3 is 2.25 bits per heavy atom. The highest BCUT2D eigenvalue weighted by Gasteiger charge is 2.22. The molecule has 0 aliphatic rings. The summed E-state index contributed by atoms with van der Waals surface area (Å²) in [6, 6.07) is 7.00. The monoisotopic (exact) mass is 281 g/mol. The van der Waals surface area contributed by atoms with Gasteiger partial charge in [0.15, 0.2) is 6.61 Å². The molecule has 1 aromatic rings. The lowest BCUT2D eigenvalue weighted by Crippen LogP contribution is -2.43. The number of carbonyl (C=O) groups excluding carboxylic acids is 1. The first-order chi connectivity index (χ1) is 9.53. The van der Waals surface area contributed by atoms with E-state index in [9.17, 15) is 9.90 Å². The number of ether oxygens (including phenoxy) is 2. The molecule has 0 atom stereocenters. The Morgan fingerprint density at radius 1 is 1.20 bits per heavy atom. The van der Waals surface area contributed by atoms with Gasteiger partial charge in [-0.25, -0.2) is 0 Å². The van der Waals surface area contributed by atoms with Crippen LogP contribution in [-0.2, 0) is 4.79 Å². The Bertz CT molecular complexity index is 412. The Morgan fingerprint density at radius 2 is 1.75 bits per heavy atom. The van der Waals surface area contributed by atoms with E-state index in [-0.39, 0.29) is 19.1 Å². The highest BCUT2D eigenvalue weighted by molar-refractivity contribution is 5.77. The molecule has 0 heterocycles. The first-order valence-corrected chi connectivity index (χ1v) is 6.79. The van der Waals surface area contributed by atoms with Crippen LogP contribution in [0.5, 0.6) is 11.5 Å². The van der Waals surface area contributed by atoms with E-state index in [2.05, 4.69) is 5.32 Å². The summed E-state index contributed by atoms with van der Waals surface area (Å²) >= 11 is 0. The van der Waals surface area contributed by atoms with Gasteiger partial charge in [0, 0.05) is 6.54 Å². The van der Waals surface area contributed by atoms with Gasteiger partial charge in [-0.2, -0.15) is 0 Å². The molecule has 0 aromatic heterocycles. The Balaban J connectivity index is 2.35. The fourth-order valence-electron chi connectivity index (χ4n) is 1.63. The van der Waals surface area contributed by atoms with Gasteiger partial charge < -0.3 is 19.9 Å². The molecule has 1 aromatic carbocycles. The van der Waals surface area contributed by atoms with E-state index in [1.54, 1.807) is 31.4 Å². The van der Waals surface area contributed by atoms with Crippen LogP contribution in [0.2, 0.25) is 0 Å². The van der Waals surface area contributed by atoms with Crippen molar-refractivity contribution in [2.45, 2.75) is 32.3 Å². The van der Waals surface area contributed by atoms with Crippen molar-refractivity contribution >= 4 is 5.91 Å². The lowest BCUT2D eigenvalue weighted by Gasteiger charge is -2.25. The van der Waals surface area contributed by atoms with Crippen molar-refractivity contribution in [3.8, 4) is 11.5 Å². The Labute approximate surface area is 119 Å². The number of nitrogens with one attached hydrogen (secondary N) is 1. The van der Waals surface area contributed by atoms with Crippen LogP contribution in [0.25, 0.3) is 0 Å². The lowest BCUT2D eigenvalue weighted by atomic mass is 9.98. The van der Waals surface area contributed by atoms with E-state index in [1.807, 2.05) is 13.8 Å². The largest absolute Gasteiger partial charge is 0.497 e. The number of aliphatic hydroxyl groups is 1. The molecule has 0 radical (unpaired) electrons. The molecular formula is C15H23NO4. The van der Waals surface area contributed by atoms with Crippen LogP contribution in [-0.4, -0.2) is 36.9 Å². The molecule has 5 nitrogen and oxygen atoms in total. The minimum atomic E-state index is -0.838. The van der Waals surface area contributed by atoms with Gasteiger partial charge in [0.1, 0.15) is 11.5 Å². The van der Waals surface area contributed by atoms with Gasteiger partial charge in [0.05, 0.1) is 12.7 Å². The standard InChI is InChI=1S/C15H23NO4/c1-4-15(18,5-2)11-16-14(17)10-20-13-8-6-12(19-3)7-9-13/h6-9,18H,4-5,10-11H2,1-3H3,(H,16,17). The summed E-state index contributed by atoms with van der Waals surface area (Å²) in [5, 5.41) is 12.7. The third-order valence-electron chi connectivity index (χ3n) is 3.36. The van der Waals surface area contributed by atoms with Crippen LogP contribution in [0, 0.1) is 0 Å². The summed E-state index contributed by atoms with van der Waals surface area (Å²) in [5.41, 5.74) is -0.838. The predicted octanol–water partition coefficient (Wildman–Crippen LogP) is 1.74. The summed E-state index contributed by atoms with van der Waals surface area (Å²) in [4.78, 5) is 11.6. The second-order valence-corrected chi connectivity index (χ2v) is 4.67. The van der Waals surface area contributed by atoms with Crippen molar-refractivity contribution in [3.63, 3.8) is 0 Å². The highest BCUT2D eigenvalue weighted by Crippen LogP contribution is 2.17. The van der Waals surface area contributed by atoms with E-state index in [0.717, 1.165) is 5.75 Å². The van der Waals surface area contributed by atoms with Gasteiger partial charge >= 0.3 is 0 Å². The summed E-state index contributed by atoms with van der Waals surface area (Å²) in [5.74, 6) is 1.08. The number of hydrogen-bond donors (Lipinski definition) is 2. The van der Waals surface area contributed by atoms with Crippen LogP contribution < -0.4 is 14.8 Å². The third kappa shape index (κ3) is 5.09. The first-order valence-electron chi connectivity index (χ1n) is 6.79. The van der Waals surface area contributed by atoms with Gasteiger partial charge in [-0.3, -0.25) is 4.79 Å². The first kappa shape index (κ1) is 16.3. The van der Waals surface area contributed by atoms with Crippen molar-refractivity contribution < 1.29 is 19.4 Å². The summed E-state index contributed by atoms with van der Waals surface area (Å²) in [6.45, 7) is 3.95. The average molecular weight is 281 g/mol. The zero-order valence-electron chi connectivity index (χ0n) is 12.3. The molecule has 0 unspecified atom stereocenters. The molecule has 1 amide bonds. The SMILES string of the molecule is CCC(O)(CC)CNC(=O)COc1ccc(OC)cc1. The van der Waals surface area contributed by atoms with Crippen LogP contribution in [0.4, 0.5) is 0 Å². The second kappa shape index (κ2) is 7.75. The summed E-state index contributed by atoms with van der Waals surface area (Å²) in [6.07, 6.45) is 1.20. The molecule has 2 N–H and O–H groups in total. The molecule has 1 rings (SSSR count). The van der Waals surface area contributed by atoms with Gasteiger partial charge in [-0.05, 0) is 37.1 Å². The maximum absolute atomic E-state index is 11.6. The summed E-state index contributed by atoms with van der Waals surface area (Å²) < 4.78 is 10.4. The van der Waals surface area contributed by atoms with Crippen LogP contribution in [0.3, 0.4) is 0 Å². The maximum Gasteiger partial charge on any atom is 0.258 e. The maximum atomic E-state index is 11.6. The molecule has 0 saturated carbocycles.